The first kappa shape index (κ1) is 13.3. The van der Waals surface area contributed by atoms with E-state index in [1.54, 1.807) is 6.08 Å². The van der Waals surface area contributed by atoms with Crippen LogP contribution < -0.4 is 5.73 Å². The Morgan fingerprint density at radius 2 is 2.05 bits per heavy atom. The van der Waals surface area contributed by atoms with E-state index in [0.717, 1.165) is 11.3 Å². The maximum absolute atomic E-state index is 5.62. The van der Waals surface area contributed by atoms with E-state index in [9.17, 15) is 0 Å². The molecule has 5 nitrogen and oxygen atoms in total. The molecule has 1 heterocycles. The Bertz CT molecular complexity index is 546. The van der Waals surface area contributed by atoms with Crippen molar-refractivity contribution in [2.24, 2.45) is 0 Å². The Labute approximate surface area is 112 Å². The number of hydrogen-bond acceptors (Lipinski definition) is 5. The highest BCUT2D eigenvalue weighted by molar-refractivity contribution is 5.66. The van der Waals surface area contributed by atoms with Crippen molar-refractivity contribution in [2.75, 3.05) is 12.3 Å². The molecule has 2 aromatic rings. The molecule has 0 bridgehead atoms. The Morgan fingerprint density at radius 3 is 2.74 bits per heavy atom. The lowest BCUT2D eigenvalue weighted by molar-refractivity contribution is 0.0683. The monoisotopic (exact) mass is 259 g/mol. The molecule has 100 valence electrons. The maximum Gasteiger partial charge on any atom is 0.250 e. The van der Waals surface area contributed by atoms with Crippen LogP contribution in [-0.2, 0) is 4.74 Å². The zero-order chi connectivity index (χ0) is 13.7. The van der Waals surface area contributed by atoms with Crippen LogP contribution in [0.1, 0.15) is 37.2 Å². The van der Waals surface area contributed by atoms with Crippen molar-refractivity contribution in [3.63, 3.8) is 0 Å². The number of nitrogens with zero attached hydrogens (tertiary/aromatic N) is 2. The quantitative estimate of drug-likeness (QED) is 0.836. The summed E-state index contributed by atoms with van der Waals surface area (Å²) < 4.78 is 10.5. The number of rotatable bonds is 5. The Morgan fingerprint density at radius 1 is 1.32 bits per heavy atom. The second-order valence-electron chi connectivity index (χ2n) is 4.09. The molecule has 0 saturated heterocycles. The number of nitrogens with two attached hydrogens (primary N) is 1. The highest BCUT2D eigenvalue weighted by Crippen LogP contribution is 2.14. The van der Waals surface area contributed by atoms with Crippen LogP contribution in [0.15, 0.2) is 28.8 Å². The van der Waals surface area contributed by atoms with E-state index in [4.69, 9.17) is 15.0 Å². The van der Waals surface area contributed by atoms with Crippen LogP contribution in [-0.4, -0.2) is 16.7 Å². The van der Waals surface area contributed by atoms with Crippen LogP contribution in [0.25, 0.3) is 12.2 Å². The molecule has 0 amide bonds. The first-order valence-corrected chi connectivity index (χ1v) is 6.18. The molecule has 1 atom stereocenters. The topological polar surface area (TPSA) is 74.2 Å². The normalized spacial score (nSPS) is 12.9. The van der Waals surface area contributed by atoms with Crippen molar-refractivity contribution in [2.45, 2.75) is 20.0 Å². The van der Waals surface area contributed by atoms with Crippen molar-refractivity contribution < 1.29 is 9.26 Å². The Balaban J connectivity index is 2.05. The van der Waals surface area contributed by atoms with Gasteiger partial charge in [-0.1, -0.05) is 17.3 Å². The van der Waals surface area contributed by atoms with Gasteiger partial charge >= 0.3 is 0 Å². The van der Waals surface area contributed by atoms with E-state index in [2.05, 4.69) is 10.1 Å². The lowest BCUT2D eigenvalue weighted by Gasteiger charge is -2.04. The molecular weight excluding hydrogens is 242 g/mol. The molecule has 1 aromatic heterocycles. The minimum absolute atomic E-state index is 0.160. The van der Waals surface area contributed by atoms with Gasteiger partial charge in [0.05, 0.1) is 0 Å². The van der Waals surface area contributed by atoms with Gasteiger partial charge in [0.25, 0.3) is 5.89 Å². The van der Waals surface area contributed by atoms with E-state index in [0.29, 0.717) is 18.3 Å². The van der Waals surface area contributed by atoms with Crippen molar-refractivity contribution in [3.05, 3.63) is 41.5 Å². The standard InChI is InChI=1S/C14H17N3O2/c1-3-18-10(2)14-16-13(19-17-14)9-6-11-4-7-12(15)8-5-11/h4-10H,3,15H2,1-2H3/b9-6+. The summed E-state index contributed by atoms with van der Waals surface area (Å²) in [5.74, 6) is 1.01. The van der Waals surface area contributed by atoms with Gasteiger partial charge in [0.2, 0.25) is 5.82 Å². The third kappa shape index (κ3) is 3.66. The number of nitrogen functional groups attached to an aromatic ring is 1. The first-order chi connectivity index (χ1) is 9.19. The fraction of sp³-hybridized carbons (Fsp3) is 0.286. The number of anilines is 1. The largest absolute Gasteiger partial charge is 0.399 e. The van der Waals surface area contributed by atoms with Gasteiger partial charge < -0.3 is 15.0 Å². The average Bonchev–Trinajstić information content (AvgIpc) is 2.87. The summed E-state index contributed by atoms with van der Waals surface area (Å²) in [6.07, 6.45) is 3.50. The summed E-state index contributed by atoms with van der Waals surface area (Å²) in [5, 5.41) is 3.88. The second kappa shape index (κ2) is 6.15. The first-order valence-electron chi connectivity index (χ1n) is 6.18. The molecule has 1 aromatic carbocycles. The molecule has 0 aliphatic carbocycles. The maximum atomic E-state index is 5.62. The SMILES string of the molecule is CCOC(C)c1noc(/C=C/c2ccc(N)cc2)n1. The van der Waals surface area contributed by atoms with Crippen LogP contribution in [0.4, 0.5) is 5.69 Å². The highest BCUT2D eigenvalue weighted by atomic mass is 16.5. The number of benzene rings is 1. The molecule has 2 N–H and O–H groups in total. The fourth-order valence-corrected chi connectivity index (χ4v) is 1.58. The van der Waals surface area contributed by atoms with Crippen molar-refractivity contribution in [1.82, 2.24) is 10.1 Å². The van der Waals surface area contributed by atoms with Crippen molar-refractivity contribution in [3.8, 4) is 0 Å². The van der Waals surface area contributed by atoms with Crippen molar-refractivity contribution >= 4 is 17.8 Å². The molecule has 1 unspecified atom stereocenters. The van der Waals surface area contributed by atoms with E-state index in [1.165, 1.54) is 0 Å². The molecule has 0 saturated carbocycles. The van der Waals surface area contributed by atoms with Crippen molar-refractivity contribution in [1.29, 1.82) is 0 Å². The summed E-state index contributed by atoms with van der Waals surface area (Å²) in [5.41, 5.74) is 7.38. The highest BCUT2D eigenvalue weighted by Gasteiger charge is 2.11. The Hall–Kier alpha value is -2.14. The fourth-order valence-electron chi connectivity index (χ4n) is 1.58. The number of hydrogen-bond donors (Lipinski definition) is 1. The second-order valence-corrected chi connectivity index (χ2v) is 4.09. The van der Waals surface area contributed by atoms with Gasteiger partial charge in [-0.25, -0.2) is 0 Å². The van der Waals surface area contributed by atoms with E-state index >= 15 is 0 Å². The van der Waals surface area contributed by atoms with E-state index < -0.39 is 0 Å². The van der Waals surface area contributed by atoms with Gasteiger partial charge in [-0.3, -0.25) is 0 Å². The third-order valence-electron chi connectivity index (χ3n) is 2.59. The number of aromatic nitrogens is 2. The van der Waals surface area contributed by atoms with Gasteiger partial charge in [0.1, 0.15) is 6.10 Å². The van der Waals surface area contributed by atoms with Crippen LogP contribution in [0, 0.1) is 0 Å². The predicted molar refractivity (Wildman–Crippen MR) is 74.1 cm³/mol. The smallest absolute Gasteiger partial charge is 0.250 e. The zero-order valence-corrected chi connectivity index (χ0v) is 11.0. The summed E-state index contributed by atoms with van der Waals surface area (Å²) >= 11 is 0. The van der Waals surface area contributed by atoms with E-state index in [-0.39, 0.29) is 6.10 Å². The minimum atomic E-state index is -0.160. The molecule has 0 aliphatic rings. The van der Waals surface area contributed by atoms with E-state index in [1.807, 2.05) is 44.2 Å². The molecule has 0 spiro atoms. The lowest BCUT2D eigenvalue weighted by atomic mass is 10.2. The van der Waals surface area contributed by atoms with Gasteiger partial charge in [-0.2, -0.15) is 4.98 Å². The van der Waals surface area contributed by atoms with Crippen LogP contribution in [0.5, 0.6) is 0 Å². The molecular formula is C14H17N3O2. The third-order valence-corrected chi connectivity index (χ3v) is 2.59. The molecule has 19 heavy (non-hydrogen) atoms. The van der Waals surface area contributed by atoms with Gasteiger partial charge in [0, 0.05) is 18.4 Å². The molecule has 2 rings (SSSR count). The Kier molecular flexibility index (Phi) is 4.30. The van der Waals surface area contributed by atoms with Crippen LogP contribution >= 0.6 is 0 Å². The van der Waals surface area contributed by atoms with Crippen LogP contribution in [0.2, 0.25) is 0 Å². The molecule has 0 aliphatic heterocycles. The van der Waals surface area contributed by atoms with Crippen LogP contribution in [0.3, 0.4) is 0 Å². The summed E-state index contributed by atoms with van der Waals surface area (Å²) in [4.78, 5) is 4.25. The minimum Gasteiger partial charge on any atom is -0.399 e. The van der Waals surface area contributed by atoms with Gasteiger partial charge in [0.15, 0.2) is 0 Å². The summed E-state index contributed by atoms with van der Waals surface area (Å²) in [6.45, 7) is 4.44. The number of ether oxygens (including phenoxy) is 1. The summed E-state index contributed by atoms with van der Waals surface area (Å²) in [7, 11) is 0. The molecule has 0 fully saturated rings. The predicted octanol–water partition coefficient (Wildman–Crippen LogP) is 2.92. The zero-order valence-electron chi connectivity index (χ0n) is 11.0. The molecule has 0 radical (unpaired) electrons. The summed E-state index contributed by atoms with van der Waals surface area (Å²) in [6, 6.07) is 7.53. The van der Waals surface area contributed by atoms with Gasteiger partial charge in [-0.05, 0) is 37.6 Å². The molecule has 5 heteroatoms. The van der Waals surface area contributed by atoms with Gasteiger partial charge in [-0.15, -0.1) is 0 Å². The average molecular weight is 259 g/mol. The lowest BCUT2D eigenvalue weighted by Crippen LogP contribution is -2.01.